The Balaban J connectivity index is 2.69. The van der Waals surface area contributed by atoms with Gasteiger partial charge >= 0.3 is 0 Å². The van der Waals surface area contributed by atoms with E-state index in [0.29, 0.717) is 0 Å². The molecule has 0 aromatic heterocycles. The Morgan fingerprint density at radius 3 is 2.00 bits per heavy atom. The molecule has 0 spiro atoms. The topological polar surface area (TPSA) is 55.8 Å². The van der Waals surface area contributed by atoms with Gasteiger partial charge in [0.25, 0.3) is 0 Å². The molecule has 3 atom stereocenters. The third-order valence-corrected chi connectivity index (χ3v) is 3.62. The second-order valence-electron chi connectivity index (χ2n) is 3.22. The molecule has 1 aliphatic rings. The molecule has 4 nitrogen and oxygen atoms in total. The van der Waals surface area contributed by atoms with Crippen LogP contribution >= 0.6 is 0 Å². The Hall–Kier alpha value is 0.0300. The summed E-state index contributed by atoms with van der Waals surface area (Å²) in [6.45, 7) is 0. The number of hydrogen-bond acceptors (Lipinski definition) is 3. The molecule has 5 heteroatoms. The third-order valence-electron chi connectivity index (χ3n) is 2.55. The first-order valence-electron chi connectivity index (χ1n) is 4.36. The average molecular weight is 208 g/mol. The fraction of sp³-hybridized carbons (Fsp3) is 1.00. The van der Waals surface area contributed by atoms with Crippen molar-refractivity contribution < 1.29 is 18.2 Å². The Kier molecular flexibility index (Phi) is 4.31. The Morgan fingerprint density at radius 1 is 1.23 bits per heavy atom. The van der Waals surface area contributed by atoms with Gasteiger partial charge in [-0.25, -0.2) is 4.21 Å². The molecule has 1 aliphatic carbocycles. The minimum atomic E-state index is -1.86. The molecule has 0 radical (unpaired) electrons. The van der Waals surface area contributed by atoms with Gasteiger partial charge in [0.1, 0.15) is 5.25 Å². The van der Waals surface area contributed by atoms with Crippen molar-refractivity contribution >= 4 is 11.1 Å². The lowest BCUT2D eigenvalue weighted by molar-refractivity contribution is -0.00539. The van der Waals surface area contributed by atoms with Crippen molar-refractivity contribution in [2.75, 3.05) is 14.2 Å². The second kappa shape index (κ2) is 5.05. The SMILES string of the molecule is COC1CCCC(OC)C1S(=O)O. The predicted molar refractivity (Wildman–Crippen MR) is 50.0 cm³/mol. The smallest absolute Gasteiger partial charge is 0.161 e. The number of ether oxygens (including phenoxy) is 2. The Bertz CT molecular complexity index is 173. The van der Waals surface area contributed by atoms with E-state index in [1.54, 1.807) is 14.2 Å². The molecule has 0 aromatic rings. The normalized spacial score (nSPS) is 37.3. The van der Waals surface area contributed by atoms with E-state index >= 15 is 0 Å². The van der Waals surface area contributed by atoms with Crippen LogP contribution in [0.4, 0.5) is 0 Å². The Labute approximate surface area is 80.9 Å². The molecule has 0 saturated heterocycles. The zero-order chi connectivity index (χ0) is 9.84. The summed E-state index contributed by atoms with van der Waals surface area (Å²) in [6.07, 6.45) is 2.37. The van der Waals surface area contributed by atoms with Gasteiger partial charge in [0.05, 0.1) is 12.2 Å². The molecule has 0 heterocycles. The molecular weight excluding hydrogens is 192 g/mol. The molecule has 1 fully saturated rings. The van der Waals surface area contributed by atoms with Gasteiger partial charge in [-0.3, -0.25) is 0 Å². The van der Waals surface area contributed by atoms with E-state index in [2.05, 4.69) is 0 Å². The minimum Gasteiger partial charge on any atom is -0.380 e. The van der Waals surface area contributed by atoms with Crippen LogP contribution in [0.2, 0.25) is 0 Å². The highest BCUT2D eigenvalue weighted by atomic mass is 32.2. The maximum absolute atomic E-state index is 11.0. The van der Waals surface area contributed by atoms with E-state index < -0.39 is 16.3 Å². The summed E-state index contributed by atoms with van der Waals surface area (Å²) >= 11 is -1.86. The highest BCUT2D eigenvalue weighted by Gasteiger charge is 2.37. The van der Waals surface area contributed by atoms with E-state index in [1.807, 2.05) is 0 Å². The van der Waals surface area contributed by atoms with Crippen LogP contribution in [-0.2, 0) is 20.6 Å². The summed E-state index contributed by atoms with van der Waals surface area (Å²) < 4.78 is 30.5. The van der Waals surface area contributed by atoms with Crippen LogP contribution in [0.3, 0.4) is 0 Å². The second-order valence-corrected chi connectivity index (χ2v) is 4.32. The molecule has 0 aromatic carbocycles. The summed E-state index contributed by atoms with van der Waals surface area (Å²) in [5.41, 5.74) is 0. The van der Waals surface area contributed by atoms with Gasteiger partial charge in [0.15, 0.2) is 11.1 Å². The maximum atomic E-state index is 11.0. The molecular formula is C8H16O4S. The van der Waals surface area contributed by atoms with Crippen molar-refractivity contribution in [3.8, 4) is 0 Å². The van der Waals surface area contributed by atoms with E-state index in [4.69, 9.17) is 14.0 Å². The fourth-order valence-corrected chi connectivity index (χ4v) is 2.87. The van der Waals surface area contributed by atoms with Crippen molar-refractivity contribution in [1.29, 1.82) is 0 Å². The summed E-state index contributed by atoms with van der Waals surface area (Å²) in [7, 11) is 3.14. The molecule has 3 unspecified atom stereocenters. The summed E-state index contributed by atoms with van der Waals surface area (Å²) in [5.74, 6) is 0. The molecule has 0 bridgehead atoms. The minimum absolute atomic E-state index is 0.149. The standard InChI is InChI=1S/C8H16O4S/c1-11-6-4-3-5-7(12-2)8(6)13(9)10/h6-8H,3-5H2,1-2H3,(H,9,10). The van der Waals surface area contributed by atoms with Crippen molar-refractivity contribution in [2.24, 2.45) is 0 Å². The molecule has 13 heavy (non-hydrogen) atoms. The van der Waals surface area contributed by atoms with Crippen molar-refractivity contribution in [1.82, 2.24) is 0 Å². The molecule has 1 saturated carbocycles. The lowest BCUT2D eigenvalue weighted by atomic mass is 9.94. The highest BCUT2D eigenvalue weighted by Crippen LogP contribution is 2.26. The first-order valence-corrected chi connectivity index (χ1v) is 5.53. The zero-order valence-corrected chi connectivity index (χ0v) is 8.75. The van der Waals surface area contributed by atoms with E-state index in [-0.39, 0.29) is 12.2 Å². The molecule has 1 rings (SSSR count). The van der Waals surface area contributed by atoms with Crippen LogP contribution in [0.5, 0.6) is 0 Å². The molecule has 0 aliphatic heterocycles. The largest absolute Gasteiger partial charge is 0.380 e. The maximum Gasteiger partial charge on any atom is 0.161 e. The van der Waals surface area contributed by atoms with Gasteiger partial charge < -0.3 is 14.0 Å². The van der Waals surface area contributed by atoms with Gasteiger partial charge in [0, 0.05) is 14.2 Å². The van der Waals surface area contributed by atoms with Crippen molar-refractivity contribution in [3.63, 3.8) is 0 Å². The van der Waals surface area contributed by atoms with Gasteiger partial charge in [0.2, 0.25) is 0 Å². The van der Waals surface area contributed by atoms with Crippen LogP contribution in [0.1, 0.15) is 19.3 Å². The monoisotopic (exact) mass is 208 g/mol. The van der Waals surface area contributed by atoms with Gasteiger partial charge in [-0.05, 0) is 19.3 Å². The summed E-state index contributed by atoms with van der Waals surface area (Å²) in [4.78, 5) is 0. The summed E-state index contributed by atoms with van der Waals surface area (Å²) in [5, 5.41) is -0.399. The average Bonchev–Trinajstić information content (AvgIpc) is 2.16. The van der Waals surface area contributed by atoms with Gasteiger partial charge in [-0.1, -0.05) is 0 Å². The van der Waals surface area contributed by atoms with Crippen LogP contribution in [0.15, 0.2) is 0 Å². The van der Waals surface area contributed by atoms with E-state index in [0.717, 1.165) is 19.3 Å². The molecule has 0 amide bonds. The van der Waals surface area contributed by atoms with Crippen LogP contribution < -0.4 is 0 Å². The Morgan fingerprint density at radius 2 is 1.69 bits per heavy atom. The van der Waals surface area contributed by atoms with Crippen molar-refractivity contribution in [2.45, 2.75) is 36.7 Å². The lowest BCUT2D eigenvalue weighted by Crippen LogP contribution is -2.45. The quantitative estimate of drug-likeness (QED) is 0.697. The summed E-state index contributed by atoms with van der Waals surface area (Å²) in [6, 6.07) is 0. The lowest BCUT2D eigenvalue weighted by Gasteiger charge is -2.33. The van der Waals surface area contributed by atoms with Crippen LogP contribution in [-0.4, -0.2) is 40.4 Å². The number of rotatable bonds is 3. The zero-order valence-electron chi connectivity index (χ0n) is 7.93. The van der Waals surface area contributed by atoms with Crippen molar-refractivity contribution in [3.05, 3.63) is 0 Å². The van der Waals surface area contributed by atoms with Crippen LogP contribution in [0, 0.1) is 0 Å². The number of hydrogen-bond donors (Lipinski definition) is 1. The molecule has 78 valence electrons. The first kappa shape index (κ1) is 11.1. The van der Waals surface area contributed by atoms with Crippen LogP contribution in [0.25, 0.3) is 0 Å². The molecule has 1 N–H and O–H groups in total. The van der Waals surface area contributed by atoms with Gasteiger partial charge in [-0.15, -0.1) is 0 Å². The fourth-order valence-electron chi connectivity index (χ4n) is 1.85. The predicted octanol–water partition coefficient (Wildman–Crippen LogP) is 0.791. The van der Waals surface area contributed by atoms with E-state index in [1.165, 1.54) is 0 Å². The highest BCUT2D eigenvalue weighted by molar-refractivity contribution is 7.80. The third kappa shape index (κ3) is 2.49. The van der Waals surface area contributed by atoms with E-state index in [9.17, 15) is 4.21 Å². The van der Waals surface area contributed by atoms with Gasteiger partial charge in [-0.2, -0.15) is 0 Å². The number of methoxy groups -OCH3 is 2. The first-order chi connectivity index (χ1) is 6.20.